The largest absolute Gasteiger partial charge is 0.507 e. The Kier molecular flexibility index (Phi) is 5.48. The molecule has 0 aliphatic carbocycles. The Morgan fingerprint density at radius 1 is 1.35 bits per heavy atom. The van der Waals surface area contributed by atoms with Crippen LogP contribution >= 0.6 is 0 Å². The quantitative estimate of drug-likeness (QED) is 0.628. The number of benzene rings is 1. The third-order valence-corrected chi connectivity index (χ3v) is 4.00. The van der Waals surface area contributed by atoms with E-state index in [0.717, 1.165) is 12.8 Å². The summed E-state index contributed by atoms with van der Waals surface area (Å²) in [6.07, 6.45) is 6.88. The first-order valence-electron chi connectivity index (χ1n) is 7.81. The molecule has 0 fully saturated rings. The zero-order chi connectivity index (χ0) is 17.0. The maximum atomic E-state index is 11.6. The van der Waals surface area contributed by atoms with Gasteiger partial charge in [0.15, 0.2) is 0 Å². The minimum atomic E-state index is -0.409. The molecule has 0 aromatic heterocycles. The number of hydrogen-bond acceptors (Lipinski definition) is 4. The normalized spacial score (nSPS) is 13.6. The fourth-order valence-electron chi connectivity index (χ4n) is 2.62. The van der Waals surface area contributed by atoms with Gasteiger partial charge in [-0.1, -0.05) is 23.3 Å². The van der Waals surface area contributed by atoms with Gasteiger partial charge in [-0.25, -0.2) is 4.79 Å². The minimum absolute atomic E-state index is 0.110. The highest BCUT2D eigenvalue weighted by Crippen LogP contribution is 2.38. The number of fused-ring (bicyclic) bond motifs is 1. The van der Waals surface area contributed by atoms with Gasteiger partial charge in [0.05, 0.1) is 12.7 Å². The lowest BCUT2D eigenvalue weighted by Crippen LogP contribution is -1.99. The molecule has 1 N–H and O–H groups in total. The molecule has 0 spiro atoms. The molecular weight excluding hydrogens is 292 g/mol. The lowest BCUT2D eigenvalue weighted by atomic mass is 9.99. The maximum absolute atomic E-state index is 11.6. The van der Waals surface area contributed by atoms with Gasteiger partial charge < -0.3 is 14.6 Å². The van der Waals surface area contributed by atoms with Gasteiger partial charge in [0.2, 0.25) is 0 Å². The number of allylic oxidation sites excluding steroid dienone is 4. The number of esters is 1. The van der Waals surface area contributed by atoms with Gasteiger partial charge >= 0.3 is 5.97 Å². The van der Waals surface area contributed by atoms with E-state index in [0.29, 0.717) is 28.9 Å². The Bertz CT molecular complexity index is 664. The Labute approximate surface area is 137 Å². The van der Waals surface area contributed by atoms with Gasteiger partial charge in [-0.05, 0) is 46.1 Å². The van der Waals surface area contributed by atoms with Crippen LogP contribution in [0, 0.1) is 0 Å². The molecule has 0 saturated heterocycles. The molecule has 124 valence electrons. The average molecular weight is 316 g/mol. The van der Waals surface area contributed by atoms with Gasteiger partial charge in [-0.3, -0.25) is 0 Å². The number of hydrogen-bond donors (Lipinski definition) is 1. The monoisotopic (exact) mass is 316 g/mol. The fraction of sp³-hybridized carbons (Fsp3) is 0.421. The van der Waals surface area contributed by atoms with Crippen molar-refractivity contribution in [1.82, 2.24) is 0 Å². The van der Waals surface area contributed by atoms with Crippen LogP contribution in [0.3, 0.4) is 0 Å². The predicted octanol–water partition coefficient (Wildman–Crippen LogP) is 4.31. The van der Waals surface area contributed by atoms with Gasteiger partial charge in [0.1, 0.15) is 18.1 Å². The first-order chi connectivity index (χ1) is 10.9. The molecule has 1 aromatic rings. The molecular formula is C19H24O4. The summed E-state index contributed by atoms with van der Waals surface area (Å²) in [6.45, 7) is 6.40. The van der Waals surface area contributed by atoms with Crippen molar-refractivity contribution in [1.29, 1.82) is 0 Å². The summed E-state index contributed by atoms with van der Waals surface area (Å²) in [5, 5.41) is 10.5. The molecule has 1 aliphatic rings. The highest BCUT2D eigenvalue weighted by Gasteiger charge is 2.28. The van der Waals surface area contributed by atoms with E-state index in [1.165, 1.54) is 18.3 Å². The van der Waals surface area contributed by atoms with Gasteiger partial charge in [0, 0.05) is 11.1 Å². The number of carbonyl (C=O) groups excluding carboxylic acids is 1. The number of cyclic esters (lactones) is 1. The molecule has 4 nitrogen and oxygen atoms in total. The van der Waals surface area contributed by atoms with Crippen molar-refractivity contribution in [2.75, 3.05) is 7.11 Å². The van der Waals surface area contributed by atoms with Crippen LogP contribution in [-0.2, 0) is 17.8 Å². The zero-order valence-corrected chi connectivity index (χ0v) is 14.2. The van der Waals surface area contributed by atoms with E-state index in [-0.39, 0.29) is 12.4 Å². The van der Waals surface area contributed by atoms with Crippen molar-refractivity contribution < 1.29 is 19.4 Å². The second-order valence-corrected chi connectivity index (χ2v) is 6.08. The van der Waals surface area contributed by atoms with Crippen LogP contribution in [0.4, 0.5) is 0 Å². The van der Waals surface area contributed by atoms with Crippen molar-refractivity contribution in [3.05, 3.63) is 46.1 Å². The predicted molar refractivity (Wildman–Crippen MR) is 89.9 cm³/mol. The number of rotatable bonds is 6. The Morgan fingerprint density at radius 3 is 2.74 bits per heavy atom. The van der Waals surface area contributed by atoms with E-state index in [1.54, 1.807) is 6.07 Å². The molecule has 23 heavy (non-hydrogen) atoms. The lowest BCUT2D eigenvalue weighted by molar-refractivity contribution is 0.0534. The second kappa shape index (κ2) is 7.36. The Balaban J connectivity index is 2.20. The zero-order valence-electron chi connectivity index (χ0n) is 14.2. The summed E-state index contributed by atoms with van der Waals surface area (Å²) in [5.74, 6) is 0.223. The van der Waals surface area contributed by atoms with E-state index in [9.17, 15) is 9.90 Å². The van der Waals surface area contributed by atoms with Gasteiger partial charge in [0.25, 0.3) is 0 Å². The van der Waals surface area contributed by atoms with Crippen molar-refractivity contribution in [3.8, 4) is 11.5 Å². The van der Waals surface area contributed by atoms with Crippen LogP contribution in [0.25, 0.3) is 0 Å². The fourth-order valence-corrected chi connectivity index (χ4v) is 2.62. The van der Waals surface area contributed by atoms with E-state index >= 15 is 0 Å². The molecule has 0 radical (unpaired) electrons. The summed E-state index contributed by atoms with van der Waals surface area (Å²) in [6, 6.07) is 1.66. The van der Waals surface area contributed by atoms with E-state index < -0.39 is 5.97 Å². The number of phenolic OH excluding ortho intramolecular Hbond substituents is 1. The number of ether oxygens (including phenoxy) is 2. The lowest BCUT2D eigenvalue weighted by Gasteiger charge is -2.12. The Hall–Kier alpha value is -2.23. The van der Waals surface area contributed by atoms with Crippen molar-refractivity contribution in [2.24, 2.45) is 0 Å². The maximum Gasteiger partial charge on any atom is 0.339 e. The first kappa shape index (κ1) is 17.1. The summed E-state index contributed by atoms with van der Waals surface area (Å²) < 4.78 is 10.3. The molecule has 0 atom stereocenters. The molecule has 0 unspecified atom stereocenters. The molecule has 1 aromatic carbocycles. The Morgan fingerprint density at radius 2 is 2.09 bits per heavy atom. The van der Waals surface area contributed by atoms with E-state index in [4.69, 9.17) is 9.47 Å². The molecule has 1 aliphatic heterocycles. The third-order valence-electron chi connectivity index (χ3n) is 4.00. The van der Waals surface area contributed by atoms with Crippen LogP contribution in [0.2, 0.25) is 0 Å². The van der Waals surface area contributed by atoms with Crippen LogP contribution in [0.5, 0.6) is 11.5 Å². The number of carbonyl (C=O) groups is 1. The SMILES string of the molecule is COc1cc2c(c(O)c1C/C=C(\C)CCC=C(C)C)COC2=O. The first-order valence-corrected chi connectivity index (χ1v) is 7.81. The standard InChI is InChI=1S/C19H24O4/c1-12(2)6-5-7-13(3)8-9-14-17(22-4)10-15-16(18(14)20)11-23-19(15)21/h6,8,10,20H,5,7,9,11H2,1-4H3/b13-8+. The summed E-state index contributed by atoms with van der Waals surface area (Å²) in [7, 11) is 1.54. The molecule has 0 saturated carbocycles. The number of phenols is 1. The summed E-state index contributed by atoms with van der Waals surface area (Å²) in [5.41, 5.74) is 4.23. The number of aromatic hydroxyl groups is 1. The molecule has 0 amide bonds. The topological polar surface area (TPSA) is 55.8 Å². The molecule has 0 bridgehead atoms. The second-order valence-electron chi connectivity index (χ2n) is 6.08. The van der Waals surface area contributed by atoms with Crippen LogP contribution in [0.15, 0.2) is 29.4 Å². The van der Waals surface area contributed by atoms with Crippen molar-refractivity contribution >= 4 is 5.97 Å². The van der Waals surface area contributed by atoms with E-state index in [1.807, 2.05) is 0 Å². The van der Waals surface area contributed by atoms with Crippen molar-refractivity contribution in [2.45, 2.75) is 46.6 Å². The molecule has 2 rings (SSSR count). The summed E-state index contributed by atoms with van der Waals surface area (Å²) >= 11 is 0. The van der Waals surface area contributed by atoms with Gasteiger partial charge in [-0.15, -0.1) is 0 Å². The smallest absolute Gasteiger partial charge is 0.339 e. The van der Waals surface area contributed by atoms with Crippen LogP contribution in [-0.4, -0.2) is 18.2 Å². The highest BCUT2D eigenvalue weighted by atomic mass is 16.5. The summed E-state index contributed by atoms with van der Waals surface area (Å²) in [4.78, 5) is 11.6. The van der Waals surface area contributed by atoms with E-state index in [2.05, 4.69) is 32.9 Å². The third kappa shape index (κ3) is 3.95. The minimum Gasteiger partial charge on any atom is -0.507 e. The van der Waals surface area contributed by atoms with Gasteiger partial charge in [-0.2, -0.15) is 0 Å². The average Bonchev–Trinajstić information content (AvgIpc) is 2.87. The highest BCUT2D eigenvalue weighted by molar-refractivity contribution is 5.95. The van der Waals surface area contributed by atoms with Crippen LogP contribution in [0.1, 0.15) is 55.1 Å². The van der Waals surface area contributed by atoms with Crippen LogP contribution < -0.4 is 4.74 Å². The molecule has 1 heterocycles. The number of methoxy groups -OCH3 is 1. The van der Waals surface area contributed by atoms with Crippen molar-refractivity contribution in [3.63, 3.8) is 0 Å². The molecule has 4 heteroatoms.